The fourth-order valence-electron chi connectivity index (χ4n) is 4.49. The van der Waals surface area contributed by atoms with Crippen molar-refractivity contribution in [3.05, 3.63) is 58.3 Å². The standard InChI is InChI=1S/C26H32N2O4/c1-15(2)32-22-12-18-19(13-21(22)31-10-9-30-6)26(3,4)25-23(24(18)29)17-8-7-16(14-27-5)11-20(17)28-25/h7-8,11-13,15,27-28H,9-10,14H2,1-6H3. The molecule has 0 amide bonds. The van der Waals surface area contributed by atoms with E-state index in [1.165, 1.54) is 5.56 Å². The van der Waals surface area contributed by atoms with Crippen LogP contribution < -0.4 is 14.8 Å². The molecule has 6 heteroatoms. The van der Waals surface area contributed by atoms with Gasteiger partial charge in [-0.2, -0.15) is 0 Å². The molecular formula is C26H32N2O4. The monoisotopic (exact) mass is 436 g/mol. The Hall–Kier alpha value is -2.83. The van der Waals surface area contributed by atoms with E-state index >= 15 is 0 Å². The first-order chi connectivity index (χ1) is 15.3. The first kappa shape index (κ1) is 22.4. The van der Waals surface area contributed by atoms with Gasteiger partial charge in [0.2, 0.25) is 0 Å². The van der Waals surface area contributed by atoms with E-state index in [1.807, 2.05) is 39.1 Å². The lowest BCUT2D eigenvalue weighted by atomic mass is 9.71. The smallest absolute Gasteiger partial charge is 0.195 e. The van der Waals surface area contributed by atoms with Crippen LogP contribution in [0.15, 0.2) is 30.3 Å². The van der Waals surface area contributed by atoms with Crippen molar-refractivity contribution in [1.82, 2.24) is 10.3 Å². The van der Waals surface area contributed by atoms with Crippen LogP contribution in [0.2, 0.25) is 0 Å². The van der Waals surface area contributed by atoms with E-state index in [9.17, 15) is 4.79 Å². The first-order valence-electron chi connectivity index (χ1n) is 11.1. The molecule has 0 fully saturated rings. The van der Waals surface area contributed by atoms with E-state index in [2.05, 4.69) is 36.3 Å². The summed E-state index contributed by atoms with van der Waals surface area (Å²) in [6, 6.07) is 10.0. The van der Waals surface area contributed by atoms with Gasteiger partial charge in [0.05, 0.1) is 18.3 Å². The highest BCUT2D eigenvalue weighted by Crippen LogP contribution is 2.47. The third-order valence-electron chi connectivity index (χ3n) is 6.01. The van der Waals surface area contributed by atoms with Crippen LogP contribution in [0.1, 0.15) is 60.4 Å². The molecule has 0 saturated heterocycles. The molecule has 4 rings (SSSR count). The number of fused-ring (bicyclic) bond motifs is 4. The summed E-state index contributed by atoms with van der Waals surface area (Å²) in [4.78, 5) is 17.3. The van der Waals surface area contributed by atoms with Crippen molar-refractivity contribution >= 4 is 16.7 Å². The number of hydrogen-bond donors (Lipinski definition) is 2. The Morgan fingerprint density at radius 1 is 1.09 bits per heavy atom. The molecule has 1 heterocycles. The van der Waals surface area contributed by atoms with Crippen molar-refractivity contribution in [3.8, 4) is 11.5 Å². The van der Waals surface area contributed by atoms with E-state index in [4.69, 9.17) is 14.2 Å². The zero-order chi connectivity index (χ0) is 23.0. The van der Waals surface area contributed by atoms with Gasteiger partial charge in [0.1, 0.15) is 6.61 Å². The summed E-state index contributed by atoms with van der Waals surface area (Å²) >= 11 is 0. The molecule has 3 aromatic rings. The summed E-state index contributed by atoms with van der Waals surface area (Å²) in [7, 11) is 3.57. The van der Waals surface area contributed by atoms with E-state index in [0.717, 1.165) is 34.3 Å². The Morgan fingerprint density at radius 2 is 1.88 bits per heavy atom. The van der Waals surface area contributed by atoms with Crippen molar-refractivity contribution < 1.29 is 19.0 Å². The molecule has 170 valence electrons. The zero-order valence-corrected chi connectivity index (χ0v) is 19.7. The van der Waals surface area contributed by atoms with Gasteiger partial charge in [-0.25, -0.2) is 0 Å². The summed E-state index contributed by atoms with van der Waals surface area (Å²) in [6.07, 6.45) is -0.0428. The second-order valence-electron chi connectivity index (χ2n) is 9.09. The molecule has 1 aromatic heterocycles. The second kappa shape index (κ2) is 8.60. The largest absolute Gasteiger partial charge is 0.487 e. The maximum atomic E-state index is 13.7. The number of ketones is 1. The lowest BCUT2D eigenvalue weighted by molar-refractivity contribution is 0.103. The molecule has 0 bridgehead atoms. The van der Waals surface area contributed by atoms with Crippen molar-refractivity contribution in [3.63, 3.8) is 0 Å². The maximum absolute atomic E-state index is 13.7. The number of rotatable bonds is 8. The number of ether oxygens (including phenoxy) is 3. The van der Waals surface area contributed by atoms with Crippen molar-refractivity contribution in [2.75, 3.05) is 27.4 Å². The van der Waals surface area contributed by atoms with Crippen LogP contribution in [0, 0.1) is 0 Å². The molecule has 2 aromatic carbocycles. The number of nitrogens with one attached hydrogen (secondary N) is 2. The fourth-order valence-corrected chi connectivity index (χ4v) is 4.49. The van der Waals surface area contributed by atoms with Crippen LogP contribution in [-0.4, -0.2) is 44.2 Å². The average Bonchev–Trinajstić information content (AvgIpc) is 3.13. The summed E-state index contributed by atoms with van der Waals surface area (Å²) in [5.41, 5.74) is 5.02. The molecule has 2 N–H and O–H groups in total. The highest BCUT2D eigenvalue weighted by Gasteiger charge is 2.40. The Kier molecular flexibility index (Phi) is 6.01. The van der Waals surface area contributed by atoms with Gasteiger partial charge in [0.25, 0.3) is 0 Å². The predicted molar refractivity (Wildman–Crippen MR) is 126 cm³/mol. The third kappa shape index (κ3) is 3.78. The topological polar surface area (TPSA) is 72.6 Å². The van der Waals surface area contributed by atoms with Crippen molar-refractivity contribution in [2.24, 2.45) is 0 Å². The highest BCUT2D eigenvalue weighted by molar-refractivity contribution is 6.20. The molecular weight excluding hydrogens is 404 g/mol. The minimum Gasteiger partial charge on any atom is -0.487 e. The molecule has 1 aliphatic carbocycles. The molecule has 32 heavy (non-hydrogen) atoms. The van der Waals surface area contributed by atoms with E-state index in [-0.39, 0.29) is 11.9 Å². The van der Waals surface area contributed by atoms with Gasteiger partial charge in [-0.05, 0) is 50.2 Å². The Bertz CT molecular complexity index is 1160. The average molecular weight is 437 g/mol. The number of methoxy groups -OCH3 is 1. The van der Waals surface area contributed by atoms with Crippen LogP contribution in [0.4, 0.5) is 0 Å². The van der Waals surface area contributed by atoms with Gasteiger partial charge in [-0.15, -0.1) is 0 Å². The number of aromatic nitrogens is 1. The second-order valence-corrected chi connectivity index (χ2v) is 9.09. The quantitative estimate of drug-likeness (QED) is 0.506. The summed E-state index contributed by atoms with van der Waals surface area (Å²) in [5, 5.41) is 4.13. The van der Waals surface area contributed by atoms with Gasteiger partial charge in [-0.3, -0.25) is 4.79 Å². The fraction of sp³-hybridized carbons (Fsp3) is 0.423. The SMILES string of the molecule is CNCc1ccc2c3c([nH]c2c1)C(C)(C)c1cc(OCCOC)c(OC(C)C)cc1C3=O. The Morgan fingerprint density at radius 3 is 2.56 bits per heavy atom. The van der Waals surface area contributed by atoms with Gasteiger partial charge in [0.15, 0.2) is 17.3 Å². The number of carbonyl (C=O) groups excluding carboxylic acids is 1. The van der Waals surface area contributed by atoms with Crippen LogP contribution >= 0.6 is 0 Å². The predicted octanol–water partition coefficient (Wildman–Crippen LogP) is 4.57. The molecule has 0 unspecified atom stereocenters. The van der Waals surface area contributed by atoms with Gasteiger partial charge >= 0.3 is 0 Å². The molecule has 0 radical (unpaired) electrons. The molecule has 6 nitrogen and oxygen atoms in total. The first-order valence-corrected chi connectivity index (χ1v) is 11.1. The summed E-state index contributed by atoms with van der Waals surface area (Å²) in [6.45, 7) is 9.86. The number of H-pyrrole nitrogens is 1. The highest BCUT2D eigenvalue weighted by atomic mass is 16.5. The van der Waals surface area contributed by atoms with E-state index in [1.54, 1.807) is 7.11 Å². The zero-order valence-electron chi connectivity index (χ0n) is 19.7. The molecule has 0 atom stereocenters. The van der Waals surface area contributed by atoms with Crippen LogP contribution in [0.5, 0.6) is 11.5 Å². The number of hydrogen-bond acceptors (Lipinski definition) is 5. The Labute approximate surface area is 189 Å². The normalized spacial score (nSPS) is 14.5. The minimum absolute atomic E-state index is 0.0130. The Balaban J connectivity index is 1.87. The molecule has 0 saturated carbocycles. The van der Waals surface area contributed by atoms with Crippen LogP contribution in [-0.2, 0) is 16.7 Å². The van der Waals surface area contributed by atoms with Crippen molar-refractivity contribution in [1.29, 1.82) is 0 Å². The summed E-state index contributed by atoms with van der Waals surface area (Å²) < 4.78 is 17.1. The molecule has 1 aliphatic rings. The molecule has 0 aliphatic heterocycles. The lowest BCUT2D eigenvalue weighted by Gasteiger charge is -2.33. The van der Waals surface area contributed by atoms with Crippen LogP contribution in [0.25, 0.3) is 10.9 Å². The maximum Gasteiger partial charge on any atom is 0.195 e. The van der Waals surface area contributed by atoms with Crippen LogP contribution in [0.3, 0.4) is 0 Å². The minimum atomic E-state index is -0.406. The number of aromatic amines is 1. The number of carbonyl (C=O) groups is 1. The van der Waals surface area contributed by atoms with E-state index in [0.29, 0.717) is 30.3 Å². The van der Waals surface area contributed by atoms with Gasteiger partial charge in [0, 0.05) is 41.2 Å². The van der Waals surface area contributed by atoms with Gasteiger partial charge < -0.3 is 24.5 Å². The van der Waals surface area contributed by atoms with Crippen molar-refractivity contribution in [2.45, 2.75) is 45.8 Å². The van der Waals surface area contributed by atoms with E-state index < -0.39 is 5.41 Å². The third-order valence-corrected chi connectivity index (χ3v) is 6.01. The summed E-state index contributed by atoms with van der Waals surface area (Å²) in [5.74, 6) is 1.23. The molecule has 0 spiro atoms. The van der Waals surface area contributed by atoms with Gasteiger partial charge in [-0.1, -0.05) is 26.0 Å². The number of benzene rings is 2. The lowest BCUT2D eigenvalue weighted by Crippen LogP contribution is -2.30.